The van der Waals surface area contributed by atoms with Crippen LogP contribution in [-0.4, -0.2) is 6.03 Å². The van der Waals surface area contributed by atoms with E-state index in [9.17, 15) is 4.79 Å². The lowest BCUT2D eigenvalue weighted by Crippen LogP contribution is -2.19. The molecule has 2 rings (SSSR count). The van der Waals surface area contributed by atoms with Gasteiger partial charge in [-0.1, -0.05) is 23.7 Å². The van der Waals surface area contributed by atoms with Crippen LogP contribution < -0.4 is 16.4 Å². The van der Waals surface area contributed by atoms with Crippen LogP contribution in [0, 0.1) is 3.57 Å². The van der Waals surface area contributed by atoms with Crippen molar-refractivity contribution in [2.75, 3.05) is 16.4 Å². The Morgan fingerprint density at radius 2 is 1.89 bits per heavy atom. The van der Waals surface area contributed by atoms with Crippen molar-refractivity contribution in [3.8, 4) is 0 Å². The monoisotopic (exact) mass is 387 g/mol. The van der Waals surface area contributed by atoms with Gasteiger partial charge in [-0.25, -0.2) is 4.79 Å². The number of nitrogens with one attached hydrogen (secondary N) is 2. The number of amides is 2. The van der Waals surface area contributed by atoms with Gasteiger partial charge >= 0.3 is 6.03 Å². The highest BCUT2D eigenvalue weighted by Gasteiger charge is 2.06. The van der Waals surface area contributed by atoms with Crippen molar-refractivity contribution in [2.45, 2.75) is 0 Å². The molecule has 0 atom stereocenters. The molecule has 0 radical (unpaired) electrons. The largest absolute Gasteiger partial charge is 0.398 e. The topological polar surface area (TPSA) is 67.1 Å². The van der Waals surface area contributed by atoms with E-state index in [4.69, 9.17) is 17.3 Å². The molecule has 0 fully saturated rings. The Morgan fingerprint density at radius 3 is 2.58 bits per heavy atom. The molecular weight excluding hydrogens is 377 g/mol. The minimum Gasteiger partial charge on any atom is -0.398 e. The lowest BCUT2D eigenvalue weighted by Gasteiger charge is -2.09. The number of carbonyl (C=O) groups is 1. The minimum atomic E-state index is -0.329. The van der Waals surface area contributed by atoms with Crippen molar-refractivity contribution in [2.24, 2.45) is 0 Å². The number of rotatable bonds is 2. The number of para-hydroxylation sites is 1. The lowest BCUT2D eigenvalue weighted by atomic mass is 10.3. The van der Waals surface area contributed by atoms with Gasteiger partial charge in [0.2, 0.25) is 0 Å². The lowest BCUT2D eigenvalue weighted by molar-refractivity contribution is 0.262. The molecule has 2 amide bonds. The first-order valence-electron chi connectivity index (χ1n) is 5.44. The zero-order valence-electron chi connectivity index (χ0n) is 9.78. The minimum absolute atomic E-state index is 0.329. The van der Waals surface area contributed by atoms with E-state index in [0.717, 1.165) is 9.26 Å². The van der Waals surface area contributed by atoms with Crippen molar-refractivity contribution < 1.29 is 4.79 Å². The summed E-state index contributed by atoms with van der Waals surface area (Å²) in [6.45, 7) is 0. The van der Waals surface area contributed by atoms with Crippen LogP contribution in [0.4, 0.5) is 21.9 Å². The normalized spacial score (nSPS) is 10.0. The van der Waals surface area contributed by atoms with Crippen LogP contribution in [0.1, 0.15) is 0 Å². The summed E-state index contributed by atoms with van der Waals surface area (Å²) in [5.74, 6) is 0. The van der Waals surface area contributed by atoms with Gasteiger partial charge in [-0.15, -0.1) is 0 Å². The third-order valence-electron chi connectivity index (χ3n) is 2.38. The first-order valence-corrected chi connectivity index (χ1v) is 6.89. The zero-order chi connectivity index (χ0) is 13.8. The van der Waals surface area contributed by atoms with Gasteiger partial charge in [0.05, 0.1) is 16.4 Å². The van der Waals surface area contributed by atoms with E-state index >= 15 is 0 Å². The van der Waals surface area contributed by atoms with Gasteiger partial charge in [-0.3, -0.25) is 0 Å². The van der Waals surface area contributed by atoms with Gasteiger partial charge in [0, 0.05) is 9.26 Å². The summed E-state index contributed by atoms with van der Waals surface area (Å²) in [5.41, 5.74) is 7.42. The Kier molecular flexibility index (Phi) is 4.49. The first kappa shape index (κ1) is 14.0. The zero-order valence-corrected chi connectivity index (χ0v) is 12.7. The summed E-state index contributed by atoms with van der Waals surface area (Å²) in [6.07, 6.45) is 0. The van der Waals surface area contributed by atoms with Crippen molar-refractivity contribution in [1.29, 1.82) is 0 Å². The summed E-state index contributed by atoms with van der Waals surface area (Å²) < 4.78 is 0.964. The molecule has 0 saturated heterocycles. The van der Waals surface area contributed by atoms with Crippen LogP contribution in [-0.2, 0) is 0 Å². The molecule has 4 N–H and O–H groups in total. The van der Waals surface area contributed by atoms with Crippen LogP contribution in [0.3, 0.4) is 0 Å². The van der Waals surface area contributed by atoms with E-state index in [0.29, 0.717) is 16.4 Å². The molecule has 0 spiro atoms. The highest BCUT2D eigenvalue weighted by atomic mass is 127. The number of nitrogen functional groups attached to an aromatic ring is 1. The van der Waals surface area contributed by atoms with Crippen LogP contribution >= 0.6 is 34.2 Å². The number of halogens is 2. The molecule has 0 aliphatic heterocycles. The number of benzene rings is 2. The average molecular weight is 388 g/mol. The standard InChI is InChI=1S/C13H11ClIN3O/c14-9-7-8(5-6-11(9)16)17-13(19)18-12-4-2-1-3-10(12)15/h1-7H,16H2,(H2,17,18,19). The second-order valence-electron chi connectivity index (χ2n) is 3.80. The number of anilines is 3. The van der Waals surface area contributed by atoms with Crippen LogP contribution in [0.25, 0.3) is 0 Å². The molecule has 0 aliphatic carbocycles. The van der Waals surface area contributed by atoms with E-state index in [1.807, 2.05) is 24.3 Å². The quantitative estimate of drug-likeness (QED) is 0.535. The predicted molar refractivity (Wildman–Crippen MR) is 87.7 cm³/mol. The summed E-state index contributed by atoms with van der Waals surface area (Å²) >= 11 is 8.04. The fourth-order valence-corrected chi connectivity index (χ4v) is 2.15. The molecule has 4 nitrogen and oxygen atoms in total. The van der Waals surface area contributed by atoms with Gasteiger partial charge in [-0.2, -0.15) is 0 Å². The van der Waals surface area contributed by atoms with E-state index in [-0.39, 0.29) is 6.03 Å². The van der Waals surface area contributed by atoms with Gasteiger partial charge < -0.3 is 16.4 Å². The van der Waals surface area contributed by atoms with E-state index in [1.54, 1.807) is 18.2 Å². The summed E-state index contributed by atoms with van der Waals surface area (Å²) in [5, 5.41) is 5.86. The van der Waals surface area contributed by atoms with Crippen molar-refractivity contribution in [1.82, 2.24) is 0 Å². The maximum absolute atomic E-state index is 11.8. The molecule has 19 heavy (non-hydrogen) atoms. The molecule has 0 saturated carbocycles. The van der Waals surface area contributed by atoms with E-state index < -0.39 is 0 Å². The molecule has 0 aromatic heterocycles. The summed E-state index contributed by atoms with van der Waals surface area (Å²) in [4.78, 5) is 11.8. The Labute approximate surface area is 129 Å². The van der Waals surface area contributed by atoms with Crippen LogP contribution in [0.2, 0.25) is 5.02 Å². The third kappa shape index (κ3) is 3.74. The molecular formula is C13H11ClIN3O. The molecule has 6 heteroatoms. The first-order chi connectivity index (χ1) is 9.06. The Balaban J connectivity index is 2.05. The average Bonchev–Trinajstić information content (AvgIpc) is 2.37. The SMILES string of the molecule is Nc1ccc(NC(=O)Nc2ccccc2I)cc1Cl. The van der Waals surface area contributed by atoms with Crippen LogP contribution in [0.5, 0.6) is 0 Å². The second kappa shape index (κ2) is 6.12. The Hall–Kier alpha value is -1.47. The molecule has 0 unspecified atom stereocenters. The Bertz CT molecular complexity index is 619. The highest BCUT2D eigenvalue weighted by Crippen LogP contribution is 2.23. The van der Waals surface area contributed by atoms with Gasteiger partial charge in [0.15, 0.2) is 0 Å². The highest BCUT2D eigenvalue weighted by molar-refractivity contribution is 14.1. The second-order valence-corrected chi connectivity index (χ2v) is 5.36. The molecule has 98 valence electrons. The number of carbonyl (C=O) groups excluding carboxylic acids is 1. The maximum atomic E-state index is 11.8. The van der Waals surface area contributed by atoms with Crippen molar-refractivity contribution >= 4 is 57.3 Å². The Morgan fingerprint density at radius 1 is 1.16 bits per heavy atom. The molecule has 0 heterocycles. The number of nitrogens with two attached hydrogens (primary N) is 1. The molecule has 0 bridgehead atoms. The smallest absolute Gasteiger partial charge is 0.323 e. The number of hydrogen-bond acceptors (Lipinski definition) is 2. The molecule has 0 aliphatic rings. The van der Waals surface area contributed by atoms with Gasteiger partial charge in [-0.05, 0) is 52.9 Å². The number of urea groups is 1. The van der Waals surface area contributed by atoms with Crippen molar-refractivity contribution in [3.05, 3.63) is 51.1 Å². The van der Waals surface area contributed by atoms with E-state index in [2.05, 4.69) is 33.2 Å². The summed E-state index contributed by atoms with van der Waals surface area (Å²) in [7, 11) is 0. The molecule has 2 aromatic carbocycles. The number of hydrogen-bond donors (Lipinski definition) is 3. The summed E-state index contributed by atoms with van der Waals surface area (Å²) in [6, 6.07) is 12.1. The van der Waals surface area contributed by atoms with Crippen molar-refractivity contribution in [3.63, 3.8) is 0 Å². The van der Waals surface area contributed by atoms with E-state index in [1.165, 1.54) is 0 Å². The maximum Gasteiger partial charge on any atom is 0.323 e. The predicted octanol–water partition coefficient (Wildman–Crippen LogP) is 4.17. The van der Waals surface area contributed by atoms with Gasteiger partial charge in [0.25, 0.3) is 0 Å². The fraction of sp³-hybridized carbons (Fsp3) is 0. The van der Waals surface area contributed by atoms with Gasteiger partial charge in [0.1, 0.15) is 0 Å². The third-order valence-corrected chi connectivity index (χ3v) is 3.65. The fourth-order valence-electron chi connectivity index (χ4n) is 1.45. The van der Waals surface area contributed by atoms with Crippen LogP contribution in [0.15, 0.2) is 42.5 Å². The molecule has 2 aromatic rings.